The third-order valence-corrected chi connectivity index (χ3v) is 3.89. The number of carboxylic acids is 1. The van der Waals surface area contributed by atoms with Crippen LogP contribution in [-0.4, -0.2) is 35.3 Å². The Kier molecular flexibility index (Phi) is 7.34. The molecular weight excluding hydrogens is 352 g/mol. The van der Waals surface area contributed by atoms with Crippen molar-refractivity contribution in [2.45, 2.75) is 31.8 Å². The predicted octanol–water partition coefficient (Wildman–Crippen LogP) is 2.21. The molecule has 0 aromatic heterocycles. The summed E-state index contributed by atoms with van der Waals surface area (Å²) in [6, 6.07) is 6.86. The van der Waals surface area contributed by atoms with Crippen molar-refractivity contribution in [3.63, 3.8) is 0 Å². The topological polar surface area (TPSA) is 98.7 Å². The van der Waals surface area contributed by atoms with Crippen molar-refractivity contribution in [3.8, 4) is 0 Å². The van der Waals surface area contributed by atoms with Crippen molar-refractivity contribution in [1.29, 1.82) is 0 Å². The highest BCUT2D eigenvalue weighted by molar-refractivity contribution is 9.10. The van der Waals surface area contributed by atoms with Crippen LogP contribution in [0.15, 0.2) is 28.7 Å². The average Bonchev–Trinajstić information content (AvgIpc) is 2.49. The van der Waals surface area contributed by atoms with E-state index in [-0.39, 0.29) is 19.5 Å². The molecule has 7 heteroatoms. The third kappa shape index (κ3) is 6.03. The molecule has 1 aromatic rings. The van der Waals surface area contributed by atoms with Gasteiger partial charge in [-0.2, -0.15) is 0 Å². The molecule has 0 spiro atoms. The lowest BCUT2D eigenvalue weighted by atomic mass is 9.91. The number of amides is 2. The first-order valence-electron chi connectivity index (χ1n) is 7.09. The predicted molar refractivity (Wildman–Crippen MR) is 86.6 cm³/mol. The van der Waals surface area contributed by atoms with Gasteiger partial charge in [-0.1, -0.05) is 35.0 Å². The molecule has 1 atom stereocenters. The molecule has 0 fully saturated rings. The highest BCUT2D eigenvalue weighted by Gasteiger charge is 2.27. The highest BCUT2D eigenvalue weighted by Crippen LogP contribution is 2.25. The van der Waals surface area contributed by atoms with Gasteiger partial charge in [-0.3, -0.25) is 4.79 Å². The molecule has 2 amide bonds. The van der Waals surface area contributed by atoms with Gasteiger partial charge < -0.3 is 20.8 Å². The molecule has 0 aliphatic rings. The van der Waals surface area contributed by atoms with Gasteiger partial charge in [-0.05, 0) is 30.5 Å². The van der Waals surface area contributed by atoms with Crippen LogP contribution in [0.2, 0.25) is 0 Å². The molecule has 1 aromatic carbocycles. The Morgan fingerprint density at radius 2 is 1.86 bits per heavy atom. The van der Waals surface area contributed by atoms with Crippen LogP contribution in [0.1, 0.15) is 31.7 Å². The van der Waals surface area contributed by atoms with E-state index in [2.05, 4.69) is 26.6 Å². The zero-order valence-electron chi connectivity index (χ0n) is 12.4. The van der Waals surface area contributed by atoms with Gasteiger partial charge in [-0.25, -0.2) is 4.79 Å². The van der Waals surface area contributed by atoms with E-state index in [0.29, 0.717) is 12.8 Å². The van der Waals surface area contributed by atoms with Crippen LogP contribution in [0.5, 0.6) is 0 Å². The Morgan fingerprint density at radius 1 is 1.23 bits per heavy atom. The molecule has 0 aliphatic heterocycles. The summed E-state index contributed by atoms with van der Waals surface area (Å²) in [4.78, 5) is 22.0. The molecule has 0 bridgehead atoms. The summed E-state index contributed by atoms with van der Waals surface area (Å²) < 4.78 is 0.916. The largest absolute Gasteiger partial charge is 0.481 e. The molecule has 0 saturated heterocycles. The molecule has 22 heavy (non-hydrogen) atoms. The zero-order chi connectivity index (χ0) is 16.6. The van der Waals surface area contributed by atoms with E-state index in [4.69, 9.17) is 5.11 Å². The minimum Gasteiger partial charge on any atom is -0.481 e. The van der Waals surface area contributed by atoms with Gasteiger partial charge in [0.15, 0.2) is 0 Å². The smallest absolute Gasteiger partial charge is 0.314 e. The monoisotopic (exact) mass is 372 g/mol. The molecule has 6 nitrogen and oxygen atoms in total. The highest BCUT2D eigenvalue weighted by atomic mass is 79.9. The van der Waals surface area contributed by atoms with E-state index < -0.39 is 17.6 Å². The summed E-state index contributed by atoms with van der Waals surface area (Å²) in [7, 11) is 0. The average molecular weight is 373 g/mol. The normalized spacial score (nSPS) is 13.2. The molecule has 0 heterocycles. The lowest BCUT2D eigenvalue weighted by molar-refractivity contribution is -0.137. The van der Waals surface area contributed by atoms with Crippen LogP contribution >= 0.6 is 15.9 Å². The van der Waals surface area contributed by atoms with Crippen molar-refractivity contribution in [2.75, 3.05) is 13.1 Å². The molecule has 4 N–H and O–H groups in total. The van der Waals surface area contributed by atoms with Crippen molar-refractivity contribution in [3.05, 3.63) is 34.3 Å². The van der Waals surface area contributed by atoms with Crippen LogP contribution in [0.3, 0.4) is 0 Å². The Morgan fingerprint density at radius 3 is 2.41 bits per heavy atom. The Balaban J connectivity index is 2.47. The summed E-state index contributed by atoms with van der Waals surface area (Å²) in [5.41, 5.74) is -0.414. The summed E-state index contributed by atoms with van der Waals surface area (Å²) in [5.74, 6) is -0.891. The van der Waals surface area contributed by atoms with Gasteiger partial charge in [-0.15, -0.1) is 0 Å². The van der Waals surface area contributed by atoms with Crippen LogP contribution in [0.25, 0.3) is 0 Å². The van der Waals surface area contributed by atoms with E-state index in [1.165, 1.54) is 0 Å². The molecule has 1 rings (SSSR count). The number of carbonyl (C=O) groups is 2. The number of benzene rings is 1. The molecule has 122 valence electrons. The van der Waals surface area contributed by atoms with Crippen LogP contribution < -0.4 is 10.6 Å². The van der Waals surface area contributed by atoms with Gasteiger partial charge in [0.1, 0.15) is 5.60 Å². The third-order valence-electron chi connectivity index (χ3n) is 3.36. The maximum absolute atomic E-state index is 11.6. The van der Waals surface area contributed by atoms with Gasteiger partial charge >= 0.3 is 12.0 Å². The van der Waals surface area contributed by atoms with Gasteiger partial charge in [0.05, 0.1) is 6.54 Å². The lowest BCUT2D eigenvalue weighted by Crippen LogP contribution is -2.44. The standard InChI is InChI=1S/C15H21BrN2O4/c1-2-15(22,11-5-7-12(16)8-6-11)10-18-14(21)17-9-3-4-13(19)20/h5-8,22H,2-4,9-10H2,1H3,(H,19,20)(H2,17,18,21). The number of halogens is 1. The number of nitrogens with one attached hydrogen (secondary N) is 2. The van der Waals surface area contributed by atoms with Crippen molar-refractivity contribution in [2.24, 2.45) is 0 Å². The Labute approximate surface area is 138 Å². The molecule has 0 radical (unpaired) electrons. The van der Waals surface area contributed by atoms with Crippen LogP contribution in [-0.2, 0) is 10.4 Å². The zero-order valence-corrected chi connectivity index (χ0v) is 14.0. The summed E-state index contributed by atoms with van der Waals surface area (Å²) in [6.45, 7) is 2.20. The number of hydrogen-bond donors (Lipinski definition) is 4. The number of carbonyl (C=O) groups excluding carboxylic acids is 1. The molecule has 1 unspecified atom stereocenters. The minimum atomic E-state index is -1.14. The number of urea groups is 1. The quantitative estimate of drug-likeness (QED) is 0.525. The maximum atomic E-state index is 11.6. The SMILES string of the molecule is CCC(O)(CNC(=O)NCCCC(=O)O)c1ccc(Br)cc1. The fraction of sp³-hybridized carbons (Fsp3) is 0.467. The number of hydrogen-bond acceptors (Lipinski definition) is 3. The van der Waals surface area contributed by atoms with E-state index in [1.54, 1.807) is 12.1 Å². The lowest BCUT2D eigenvalue weighted by Gasteiger charge is -2.27. The first-order chi connectivity index (χ1) is 10.4. The van der Waals surface area contributed by atoms with Gasteiger partial charge in [0, 0.05) is 17.4 Å². The number of aliphatic carboxylic acids is 1. The minimum absolute atomic E-state index is 0.0120. The number of rotatable bonds is 8. The molecule has 0 saturated carbocycles. The van der Waals surface area contributed by atoms with E-state index >= 15 is 0 Å². The summed E-state index contributed by atoms with van der Waals surface area (Å²) >= 11 is 3.34. The van der Waals surface area contributed by atoms with Crippen LogP contribution in [0, 0.1) is 0 Å². The molecular formula is C15H21BrN2O4. The fourth-order valence-electron chi connectivity index (χ4n) is 1.92. The summed E-state index contributed by atoms with van der Waals surface area (Å²) in [6.07, 6.45) is 0.833. The molecule has 0 aliphatic carbocycles. The van der Waals surface area contributed by atoms with Crippen molar-refractivity contribution < 1.29 is 19.8 Å². The second-order valence-electron chi connectivity index (χ2n) is 5.00. The van der Waals surface area contributed by atoms with E-state index in [1.807, 2.05) is 19.1 Å². The second kappa shape index (κ2) is 8.75. The second-order valence-corrected chi connectivity index (χ2v) is 5.91. The van der Waals surface area contributed by atoms with Crippen molar-refractivity contribution >= 4 is 27.9 Å². The van der Waals surface area contributed by atoms with Gasteiger partial charge in [0.25, 0.3) is 0 Å². The Bertz CT molecular complexity index is 507. The first-order valence-corrected chi connectivity index (χ1v) is 7.88. The van der Waals surface area contributed by atoms with Crippen molar-refractivity contribution in [1.82, 2.24) is 10.6 Å². The van der Waals surface area contributed by atoms with E-state index in [9.17, 15) is 14.7 Å². The van der Waals surface area contributed by atoms with Crippen LogP contribution in [0.4, 0.5) is 4.79 Å². The summed E-state index contributed by atoms with van der Waals surface area (Å²) in [5, 5.41) is 24.3. The number of aliphatic hydroxyl groups is 1. The maximum Gasteiger partial charge on any atom is 0.314 e. The van der Waals surface area contributed by atoms with Gasteiger partial charge in [0.2, 0.25) is 0 Å². The fourth-order valence-corrected chi connectivity index (χ4v) is 2.19. The van der Waals surface area contributed by atoms with E-state index in [0.717, 1.165) is 10.0 Å². The first kappa shape index (κ1) is 18.4. The number of carboxylic acid groups (broad SMARTS) is 1. The Hall–Kier alpha value is -1.60.